The zero-order chi connectivity index (χ0) is 19.5. The third-order valence-corrected chi connectivity index (χ3v) is 5.32. The van der Waals surface area contributed by atoms with Gasteiger partial charge in [0.15, 0.2) is 9.84 Å². The zero-order valence-electron chi connectivity index (χ0n) is 14.6. The highest BCUT2D eigenvalue weighted by molar-refractivity contribution is 7.92. The number of amides is 1. The Kier molecular flexibility index (Phi) is 5.72. The van der Waals surface area contributed by atoms with Gasteiger partial charge in [0.25, 0.3) is 5.91 Å². The van der Waals surface area contributed by atoms with E-state index in [0.29, 0.717) is 11.3 Å². The topological polar surface area (TPSA) is 109 Å². The van der Waals surface area contributed by atoms with Crippen LogP contribution < -0.4 is 10.0 Å². The van der Waals surface area contributed by atoms with Gasteiger partial charge in [0, 0.05) is 17.5 Å². The molecule has 0 fully saturated rings. The van der Waals surface area contributed by atoms with Gasteiger partial charge >= 0.3 is 0 Å². The molecule has 0 aliphatic heterocycles. The number of carbonyl (C=O) groups excluding carboxylic acids is 1. The molecule has 2 N–H and O–H groups in total. The standard InChI is InChI=1S/C17H20N2O5S2/c1-12(14-5-4-6-15(11-14)19-26(3,23)24)18-17(20)13-7-9-16(10-8-13)25(2,21)22/h4-12,19H,1-3H3,(H,18,20). The van der Waals surface area contributed by atoms with Gasteiger partial charge in [-0.15, -0.1) is 0 Å². The lowest BCUT2D eigenvalue weighted by atomic mass is 10.1. The molecule has 2 aromatic carbocycles. The van der Waals surface area contributed by atoms with Gasteiger partial charge < -0.3 is 5.32 Å². The van der Waals surface area contributed by atoms with Crippen molar-refractivity contribution in [3.8, 4) is 0 Å². The minimum absolute atomic E-state index is 0.140. The van der Waals surface area contributed by atoms with Crippen LogP contribution in [-0.4, -0.2) is 35.3 Å². The Labute approximate surface area is 153 Å². The van der Waals surface area contributed by atoms with Crippen LogP contribution in [-0.2, 0) is 19.9 Å². The lowest BCUT2D eigenvalue weighted by Gasteiger charge is -2.16. The molecule has 1 atom stereocenters. The first-order valence-corrected chi connectivity index (χ1v) is 11.4. The summed E-state index contributed by atoms with van der Waals surface area (Å²) in [5.74, 6) is -0.362. The largest absolute Gasteiger partial charge is 0.346 e. The van der Waals surface area contributed by atoms with Gasteiger partial charge in [-0.05, 0) is 48.9 Å². The van der Waals surface area contributed by atoms with Crippen molar-refractivity contribution in [3.63, 3.8) is 0 Å². The third-order valence-electron chi connectivity index (χ3n) is 3.58. The summed E-state index contributed by atoms with van der Waals surface area (Å²) in [6.07, 6.45) is 2.16. The van der Waals surface area contributed by atoms with Gasteiger partial charge in [-0.1, -0.05) is 12.1 Å². The molecule has 0 aliphatic carbocycles. The van der Waals surface area contributed by atoms with Crippen molar-refractivity contribution in [3.05, 3.63) is 59.7 Å². The maximum Gasteiger partial charge on any atom is 0.251 e. The molecule has 7 nitrogen and oxygen atoms in total. The van der Waals surface area contributed by atoms with E-state index in [0.717, 1.165) is 18.1 Å². The number of hydrogen-bond acceptors (Lipinski definition) is 5. The molecule has 0 aliphatic rings. The van der Waals surface area contributed by atoms with Crippen LogP contribution in [0.2, 0.25) is 0 Å². The highest BCUT2D eigenvalue weighted by Crippen LogP contribution is 2.19. The van der Waals surface area contributed by atoms with Crippen LogP contribution in [0, 0.1) is 0 Å². The van der Waals surface area contributed by atoms with Crippen molar-refractivity contribution in [2.24, 2.45) is 0 Å². The van der Waals surface area contributed by atoms with E-state index >= 15 is 0 Å². The third kappa shape index (κ3) is 5.57. The maximum absolute atomic E-state index is 12.3. The Balaban J connectivity index is 2.13. The molecule has 0 spiro atoms. The van der Waals surface area contributed by atoms with E-state index in [9.17, 15) is 21.6 Å². The molecular formula is C17H20N2O5S2. The van der Waals surface area contributed by atoms with E-state index in [1.54, 1.807) is 31.2 Å². The lowest BCUT2D eigenvalue weighted by molar-refractivity contribution is 0.0939. The molecule has 140 valence electrons. The fourth-order valence-electron chi connectivity index (χ4n) is 2.30. The molecular weight excluding hydrogens is 376 g/mol. The predicted octanol–water partition coefficient (Wildman–Crippen LogP) is 1.95. The van der Waals surface area contributed by atoms with Crippen molar-refractivity contribution < 1.29 is 21.6 Å². The van der Waals surface area contributed by atoms with Crippen LogP contribution in [0.25, 0.3) is 0 Å². The molecule has 9 heteroatoms. The average molecular weight is 396 g/mol. The van der Waals surface area contributed by atoms with Gasteiger partial charge in [0.2, 0.25) is 10.0 Å². The highest BCUT2D eigenvalue weighted by Gasteiger charge is 2.14. The molecule has 2 rings (SSSR count). The number of carbonyl (C=O) groups is 1. The van der Waals surface area contributed by atoms with Crippen LogP contribution in [0.15, 0.2) is 53.4 Å². The van der Waals surface area contributed by atoms with Gasteiger partial charge in [-0.3, -0.25) is 9.52 Å². The smallest absolute Gasteiger partial charge is 0.251 e. The monoisotopic (exact) mass is 396 g/mol. The normalized spacial score (nSPS) is 13.0. The summed E-state index contributed by atoms with van der Waals surface area (Å²) in [6, 6.07) is 12.0. The van der Waals surface area contributed by atoms with Crippen LogP contribution in [0.3, 0.4) is 0 Å². The second-order valence-corrected chi connectivity index (χ2v) is 9.76. The quantitative estimate of drug-likeness (QED) is 0.776. The number of sulfonamides is 1. The van der Waals surface area contributed by atoms with E-state index in [1.165, 1.54) is 24.3 Å². The van der Waals surface area contributed by atoms with E-state index in [-0.39, 0.29) is 16.8 Å². The summed E-state index contributed by atoms with van der Waals surface area (Å²) in [5, 5.41) is 2.80. The van der Waals surface area contributed by atoms with Gasteiger partial charge in [0.1, 0.15) is 0 Å². The first-order chi connectivity index (χ1) is 12.0. The SMILES string of the molecule is CC(NC(=O)c1ccc(S(C)(=O)=O)cc1)c1cccc(NS(C)(=O)=O)c1. The van der Waals surface area contributed by atoms with Crippen molar-refractivity contribution in [2.45, 2.75) is 17.9 Å². The maximum atomic E-state index is 12.3. The molecule has 0 saturated carbocycles. The van der Waals surface area contributed by atoms with Crippen LogP contribution in [0.5, 0.6) is 0 Å². The summed E-state index contributed by atoms with van der Waals surface area (Å²) >= 11 is 0. The Morgan fingerprint density at radius 2 is 1.58 bits per heavy atom. The number of benzene rings is 2. The first kappa shape index (κ1) is 19.9. The Morgan fingerprint density at radius 1 is 0.962 bits per heavy atom. The van der Waals surface area contributed by atoms with Gasteiger partial charge in [-0.25, -0.2) is 16.8 Å². The van der Waals surface area contributed by atoms with Gasteiger partial charge in [-0.2, -0.15) is 0 Å². The highest BCUT2D eigenvalue weighted by atomic mass is 32.2. The fourth-order valence-corrected chi connectivity index (χ4v) is 3.49. The second-order valence-electron chi connectivity index (χ2n) is 5.99. The van der Waals surface area contributed by atoms with E-state index in [2.05, 4.69) is 10.0 Å². The lowest BCUT2D eigenvalue weighted by Crippen LogP contribution is -2.26. The van der Waals surface area contributed by atoms with Crippen molar-refractivity contribution in [2.75, 3.05) is 17.2 Å². The molecule has 1 amide bonds. The summed E-state index contributed by atoms with van der Waals surface area (Å²) in [4.78, 5) is 12.5. The molecule has 1 unspecified atom stereocenters. The molecule has 0 bridgehead atoms. The van der Waals surface area contributed by atoms with E-state index in [1.807, 2.05) is 0 Å². The zero-order valence-corrected chi connectivity index (χ0v) is 16.2. The number of hydrogen-bond donors (Lipinski definition) is 2. The minimum Gasteiger partial charge on any atom is -0.346 e. The summed E-state index contributed by atoms with van der Waals surface area (Å²) in [5.41, 5.74) is 1.46. The summed E-state index contributed by atoms with van der Waals surface area (Å²) in [6.45, 7) is 1.77. The van der Waals surface area contributed by atoms with Crippen LogP contribution in [0.4, 0.5) is 5.69 Å². The van der Waals surface area contributed by atoms with Crippen LogP contribution in [0.1, 0.15) is 28.9 Å². The second kappa shape index (κ2) is 7.46. The molecule has 0 radical (unpaired) electrons. The predicted molar refractivity (Wildman–Crippen MR) is 100 cm³/mol. The average Bonchev–Trinajstić information content (AvgIpc) is 2.52. The first-order valence-electron chi connectivity index (χ1n) is 7.64. The van der Waals surface area contributed by atoms with Crippen molar-refractivity contribution in [1.29, 1.82) is 0 Å². The Bertz CT molecular complexity index is 1010. The fraction of sp³-hybridized carbons (Fsp3) is 0.235. The van der Waals surface area contributed by atoms with Crippen LogP contribution >= 0.6 is 0 Å². The Hall–Kier alpha value is -2.39. The number of nitrogens with one attached hydrogen (secondary N) is 2. The Morgan fingerprint density at radius 3 is 2.12 bits per heavy atom. The van der Waals surface area contributed by atoms with Gasteiger partial charge in [0.05, 0.1) is 17.2 Å². The molecule has 26 heavy (non-hydrogen) atoms. The molecule has 0 heterocycles. The summed E-state index contributed by atoms with van der Waals surface area (Å²) in [7, 11) is -6.71. The minimum atomic E-state index is -3.39. The number of rotatable bonds is 6. The van der Waals surface area contributed by atoms with Crippen molar-refractivity contribution >= 4 is 31.5 Å². The molecule has 0 saturated heterocycles. The number of anilines is 1. The molecule has 0 aromatic heterocycles. The van der Waals surface area contributed by atoms with E-state index < -0.39 is 19.9 Å². The molecule has 2 aromatic rings. The van der Waals surface area contributed by atoms with E-state index in [4.69, 9.17) is 0 Å². The summed E-state index contributed by atoms with van der Waals surface area (Å²) < 4.78 is 47.9. The van der Waals surface area contributed by atoms with Crippen molar-refractivity contribution in [1.82, 2.24) is 5.32 Å². The number of sulfone groups is 1.